The fourth-order valence-electron chi connectivity index (χ4n) is 2.06. The van der Waals surface area contributed by atoms with Crippen LogP contribution in [0.25, 0.3) is 0 Å². The molecule has 0 atom stereocenters. The van der Waals surface area contributed by atoms with Gasteiger partial charge in [-0.1, -0.05) is 6.92 Å². The number of amides is 2. The summed E-state index contributed by atoms with van der Waals surface area (Å²) in [6.45, 7) is -0.158. The number of carbonyl (C=O) groups is 2. The minimum absolute atomic E-state index is 0.135. The van der Waals surface area contributed by atoms with Crippen LogP contribution in [-0.4, -0.2) is 52.5 Å². The molecule has 1 aromatic rings. The number of aryl methyl sites for hydroxylation is 1. The maximum absolute atomic E-state index is 12.3. The van der Waals surface area contributed by atoms with Crippen molar-refractivity contribution < 1.29 is 22.8 Å². The third-order valence-electron chi connectivity index (χ3n) is 3.13. The Bertz CT molecular complexity index is 560. The van der Waals surface area contributed by atoms with Crippen molar-refractivity contribution in [3.8, 4) is 0 Å². The number of halogens is 3. The molecule has 2 heterocycles. The van der Waals surface area contributed by atoms with Gasteiger partial charge < -0.3 is 9.80 Å². The van der Waals surface area contributed by atoms with Crippen LogP contribution in [0.1, 0.15) is 23.0 Å². The molecule has 0 N–H and O–H groups in total. The molecule has 5 nitrogen and oxygen atoms in total. The van der Waals surface area contributed by atoms with Gasteiger partial charge in [0.15, 0.2) is 0 Å². The quantitative estimate of drug-likeness (QED) is 0.849. The van der Waals surface area contributed by atoms with Gasteiger partial charge >= 0.3 is 6.18 Å². The summed E-state index contributed by atoms with van der Waals surface area (Å²) in [6.07, 6.45) is -2.30. The molecule has 8 heteroatoms. The van der Waals surface area contributed by atoms with E-state index in [1.54, 1.807) is 12.1 Å². The van der Waals surface area contributed by atoms with E-state index >= 15 is 0 Å². The Morgan fingerprint density at radius 1 is 1.43 bits per heavy atom. The van der Waals surface area contributed by atoms with E-state index in [-0.39, 0.29) is 18.9 Å². The second kappa shape index (κ2) is 5.71. The van der Waals surface area contributed by atoms with Crippen LogP contribution in [0, 0.1) is 0 Å². The Kier molecular flexibility index (Phi) is 4.15. The number of carbonyl (C=O) groups excluding carboxylic acids is 2. The number of rotatable bonds is 3. The number of aromatic nitrogens is 1. The summed E-state index contributed by atoms with van der Waals surface area (Å²) in [6, 6.07) is 3.33. The third-order valence-corrected chi connectivity index (χ3v) is 3.13. The first-order valence-corrected chi connectivity index (χ1v) is 6.39. The maximum Gasteiger partial charge on any atom is 0.406 e. The topological polar surface area (TPSA) is 53.5 Å². The molecule has 0 bridgehead atoms. The molecular formula is C13H14F3N3O2. The summed E-state index contributed by atoms with van der Waals surface area (Å²) in [7, 11) is 0. The van der Waals surface area contributed by atoms with Gasteiger partial charge in [-0.3, -0.25) is 14.6 Å². The summed E-state index contributed by atoms with van der Waals surface area (Å²) in [5.41, 5.74) is 1.03. The molecule has 114 valence electrons. The molecule has 2 amide bonds. The monoisotopic (exact) mass is 301 g/mol. The Balaban J connectivity index is 2.09. The molecule has 2 rings (SSSR count). The van der Waals surface area contributed by atoms with Gasteiger partial charge in [0.1, 0.15) is 18.8 Å². The zero-order valence-electron chi connectivity index (χ0n) is 11.4. The van der Waals surface area contributed by atoms with Crippen molar-refractivity contribution >= 4 is 11.8 Å². The minimum atomic E-state index is -4.48. The molecule has 1 aliphatic rings. The molecule has 1 aromatic heterocycles. The number of alkyl halides is 3. The van der Waals surface area contributed by atoms with Gasteiger partial charge in [-0.25, -0.2) is 0 Å². The van der Waals surface area contributed by atoms with Gasteiger partial charge in [0, 0.05) is 6.20 Å². The zero-order chi connectivity index (χ0) is 15.6. The molecule has 0 radical (unpaired) electrons. The largest absolute Gasteiger partial charge is 0.406 e. The van der Waals surface area contributed by atoms with Crippen molar-refractivity contribution in [1.29, 1.82) is 0 Å². The molecule has 0 saturated carbocycles. The van der Waals surface area contributed by atoms with E-state index in [2.05, 4.69) is 4.98 Å². The van der Waals surface area contributed by atoms with Crippen LogP contribution in [0.4, 0.5) is 13.2 Å². The summed E-state index contributed by atoms with van der Waals surface area (Å²) >= 11 is 0. The molecular weight excluding hydrogens is 287 g/mol. The summed E-state index contributed by atoms with van der Waals surface area (Å²) < 4.78 is 37.0. The SMILES string of the molecule is CCc1ccnc(C(=O)N2CC(=O)N(CC(F)(F)F)C2)c1. The highest BCUT2D eigenvalue weighted by Gasteiger charge is 2.39. The molecule has 0 aromatic carbocycles. The number of hydrogen-bond acceptors (Lipinski definition) is 3. The van der Waals surface area contributed by atoms with E-state index in [0.29, 0.717) is 11.3 Å². The minimum Gasteiger partial charge on any atom is -0.314 e. The highest BCUT2D eigenvalue weighted by molar-refractivity contribution is 5.96. The predicted molar refractivity (Wildman–Crippen MR) is 67.3 cm³/mol. The van der Waals surface area contributed by atoms with Crippen LogP contribution in [0.2, 0.25) is 0 Å². The molecule has 1 aliphatic heterocycles. The molecule has 21 heavy (non-hydrogen) atoms. The van der Waals surface area contributed by atoms with Crippen molar-refractivity contribution in [1.82, 2.24) is 14.8 Å². The summed E-state index contributed by atoms with van der Waals surface area (Å²) in [4.78, 5) is 29.3. The zero-order valence-corrected chi connectivity index (χ0v) is 11.4. The van der Waals surface area contributed by atoms with E-state index in [0.717, 1.165) is 10.5 Å². The van der Waals surface area contributed by atoms with Crippen LogP contribution in [0.5, 0.6) is 0 Å². The molecule has 0 spiro atoms. The van der Waals surface area contributed by atoms with E-state index in [1.165, 1.54) is 6.20 Å². The number of pyridine rings is 1. The van der Waals surface area contributed by atoms with E-state index in [9.17, 15) is 22.8 Å². The van der Waals surface area contributed by atoms with Gasteiger partial charge in [0.2, 0.25) is 5.91 Å². The van der Waals surface area contributed by atoms with Crippen LogP contribution in [0.3, 0.4) is 0 Å². The average Bonchev–Trinajstić information content (AvgIpc) is 2.77. The second-order valence-electron chi connectivity index (χ2n) is 4.75. The van der Waals surface area contributed by atoms with Gasteiger partial charge in [-0.2, -0.15) is 13.2 Å². The first-order valence-electron chi connectivity index (χ1n) is 6.39. The van der Waals surface area contributed by atoms with Crippen LogP contribution >= 0.6 is 0 Å². The first-order chi connectivity index (χ1) is 9.80. The lowest BCUT2D eigenvalue weighted by atomic mass is 10.2. The predicted octanol–water partition coefficient (Wildman–Crippen LogP) is 1.45. The molecule has 1 saturated heterocycles. The smallest absolute Gasteiger partial charge is 0.314 e. The Morgan fingerprint density at radius 2 is 2.14 bits per heavy atom. The lowest BCUT2D eigenvalue weighted by molar-refractivity contribution is -0.157. The van der Waals surface area contributed by atoms with E-state index in [4.69, 9.17) is 0 Å². The molecule has 0 aliphatic carbocycles. The van der Waals surface area contributed by atoms with Crippen molar-refractivity contribution in [2.24, 2.45) is 0 Å². The van der Waals surface area contributed by atoms with Crippen molar-refractivity contribution in [2.45, 2.75) is 19.5 Å². The second-order valence-corrected chi connectivity index (χ2v) is 4.75. The lowest BCUT2D eigenvalue weighted by Crippen LogP contribution is -2.37. The summed E-state index contributed by atoms with van der Waals surface area (Å²) in [5, 5.41) is 0. The number of nitrogens with zero attached hydrogens (tertiary/aromatic N) is 3. The van der Waals surface area contributed by atoms with Crippen LogP contribution in [0.15, 0.2) is 18.3 Å². The Labute approximate surface area is 119 Å². The standard InChI is InChI=1S/C13H14F3N3O2/c1-2-9-3-4-17-10(5-9)12(21)18-6-11(20)19(8-18)7-13(14,15)16/h3-5H,2,6-8H2,1H3. The first kappa shape index (κ1) is 15.3. The fourth-order valence-corrected chi connectivity index (χ4v) is 2.06. The van der Waals surface area contributed by atoms with Gasteiger partial charge in [-0.15, -0.1) is 0 Å². The van der Waals surface area contributed by atoms with Gasteiger partial charge in [0.05, 0.1) is 6.67 Å². The Morgan fingerprint density at radius 3 is 2.76 bits per heavy atom. The maximum atomic E-state index is 12.3. The average molecular weight is 301 g/mol. The van der Waals surface area contributed by atoms with E-state index in [1.807, 2.05) is 6.92 Å². The highest BCUT2D eigenvalue weighted by atomic mass is 19.4. The fraction of sp³-hybridized carbons (Fsp3) is 0.462. The van der Waals surface area contributed by atoms with E-state index < -0.39 is 24.5 Å². The van der Waals surface area contributed by atoms with Crippen LogP contribution in [-0.2, 0) is 11.2 Å². The van der Waals surface area contributed by atoms with Gasteiger partial charge in [-0.05, 0) is 24.1 Å². The Hall–Kier alpha value is -2.12. The van der Waals surface area contributed by atoms with Crippen LogP contribution < -0.4 is 0 Å². The highest BCUT2D eigenvalue weighted by Crippen LogP contribution is 2.20. The molecule has 1 fully saturated rings. The summed E-state index contributed by atoms with van der Waals surface area (Å²) in [5.74, 6) is -1.25. The lowest BCUT2D eigenvalue weighted by Gasteiger charge is -2.19. The molecule has 0 unspecified atom stereocenters. The van der Waals surface area contributed by atoms with Crippen molar-refractivity contribution in [3.63, 3.8) is 0 Å². The van der Waals surface area contributed by atoms with Crippen molar-refractivity contribution in [2.75, 3.05) is 19.8 Å². The van der Waals surface area contributed by atoms with Gasteiger partial charge in [0.25, 0.3) is 5.91 Å². The normalized spacial score (nSPS) is 15.7. The third kappa shape index (κ3) is 3.71. The van der Waals surface area contributed by atoms with Crippen molar-refractivity contribution in [3.05, 3.63) is 29.6 Å². The number of hydrogen-bond donors (Lipinski definition) is 0.